The van der Waals surface area contributed by atoms with Gasteiger partial charge in [0.15, 0.2) is 0 Å². The van der Waals surface area contributed by atoms with Crippen molar-refractivity contribution in [3.8, 4) is 0 Å². The van der Waals surface area contributed by atoms with E-state index in [0.717, 1.165) is 12.8 Å². The average Bonchev–Trinajstić information content (AvgIpc) is 2.54. The number of rotatable bonds is 5. The molecular formula is C20H25Br. The Morgan fingerprint density at radius 2 is 1.57 bits per heavy atom. The summed E-state index contributed by atoms with van der Waals surface area (Å²) in [6.45, 7) is 9.07. The van der Waals surface area contributed by atoms with Gasteiger partial charge in [0.2, 0.25) is 0 Å². The van der Waals surface area contributed by atoms with Crippen LogP contribution in [0.3, 0.4) is 0 Å². The summed E-state index contributed by atoms with van der Waals surface area (Å²) < 4.78 is 0. The maximum absolute atomic E-state index is 3.88. The lowest BCUT2D eigenvalue weighted by Gasteiger charge is -2.24. The lowest BCUT2D eigenvalue weighted by atomic mass is 9.82. The Balaban J connectivity index is 2.30. The fourth-order valence-corrected chi connectivity index (χ4v) is 3.34. The molecule has 1 heteroatoms. The minimum absolute atomic E-state index is 0.252. The van der Waals surface area contributed by atoms with E-state index in [1.54, 1.807) is 0 Å². The summed E-state index contributed by atoms with van der Waals surface area (Å²) in [6, 6.07) is 17.8. The number of hydrogen-bond acceptors (Lipinski definition) is 0. The predicted molar refractivity (Wildman–Crippen MR) is 96.3 cm³/mol. The third kappa shape index (κ3) is 3.58. The quantitative estimate of drug-likeness (QED) is 0.549. The predicted octanol–water partition coefficient (Wildman–Crippen LogP) is 6.42. The van der Waals surface area contributed by atoms with Crippen molar-refractivity contribution in [2.45, 2.75) is 50.8 Å². The van der Waals surface area contributed by atoms with E-state index in [4.69, 9.17) is 0 Å². The first-order valence-electron chi connectivity index (χ1n) is 7.82. The van der Waals surface area contributed by atoms with Crippen LogP contribution in [0.1, 0.15) is 61.2 Å². The van der Waals surface area contributed by atoms with Gasteiger partial charge in [-0.2, -0.15) is 0 Å². The number of halogens is 1. The van der Waals surface area contributed by atoms with Crippen molar-refractivity contribution in [2.24, 2.45) is 0 Å². The number of benzene rings is 2. The standard InChI is InChI=1S/C20H25Br/c1-5-15-9-7-8-10-18(15)19(21)16-11-13-17(14-12-16)20(3,4)6-2/h7-14,19H,5-6H2,1-4H3. The van der Waals surface area contributed by atoms with Crippen LogP contribution in [0.4, 0.5) is 0 Å². The van der Waals surface area contributed by atoms with Gasteiger partial charge in [-0.25, -0.2) is 0 Å². The molecule has 0 radical (unpaired) electrons. The van der Waals surface area contributed by atoms with Gasteiger partial charge in [0, 0.05) is 0 Å². The lowest BCUT2D eigenvalue weighted by molar-refractivity contribution is 0.506. The maximum atomic E-state index is 3.88. The summed E-state index contributed by atoms with van der Waals surface area (Å²) in [5.74, 6) is 0. The van der Waals surface area contributed by atoms with E-state index in [-0.39, 0.29) is 10.2 Å². The largest absolute Gasteiger partial charge is 0.0786 e. The van der Waals surface area contributed by atoms with E-state index in [1.165, 1.54) is 22.3 Å². The highest BCUT2D eigenvalue weighted by Crippen LogP contribution is 2.35. The van der Waals surface area contributed by atoms with Gasteiger partial charge in [-0.1, -0.05) is 92.2 Å². The summed E-state index contributed by atoms with van der Waals surface area (Å²) >= 11 is 3.88. The highest BCUT2D eigenvalue weighted by molar-refractivity contribution is 9.09. The van der Waals surface area contributed by atoms with Gasteiger partial charge in [-0.15, -0.1) is 0 Å². The van der Waals surface area contributed by atoms with Gasteiger partial charge >= 0.3 is 0 Å². The Hall–Kier alpha value is -1.08. The Morgan fingerprint density at radius 3 is 2.14 bits per heavy atom. The zero-order valence-corrected chi connectivity index (χ0v) is 15.1. The number of alkyl halides is 1. The Bertz CT molecular complexity index is 581. The molecule has 0 saturated heterocycles. The lowest BCUT2D eigenvalue weighted by Crippen LogP contribution is -2.15. The summed E-state index contributed by atoms with van der Waals surface area (Å²) in [7, 11) is 0. The van der Waals surface area contributed by atoms with Gasteiger partial charge in [-0.05, 0) is 40.5 Å². The van der Waals surface area contributed by atoms with Crippen molar-refractivity contribution in [1.29, 1.82) is 0 Å². The molecule has 0 aliphatic rings. The molecule has 0 fully saturated rings. The summed E-state index contributed by atoms with van der Waals surface area (Å²) in [6.07, 6.45) is 2.22. The molecule has 1 atom stereocenters. The minimum atomic E-state index is 0.252. The molecule has 0 aliphatic carbocycles. The third-order valence-corrected chi connectivity index (χ3v) is 5.60. The molecule has 0 spiro atoms. The minimum Gasteiger partial charge on any atom is -0.0786 e. The van der Waals surface area contributed by atoms with Crippen molar-refractivity contribution >= 4 is 15.9 Å². The monoisotopic (exact) mass is 344 g/mol. The summed E-state index contributed by atoms with van der Waals surface area (Å²) in [5.41, 5.74) is 5.78. The zero-order chi connectivity index (χ0) is 15.5. The molecule has 1 unspecified atom stereocenters. The van der Waals surface area contributed by atoms with E-state index in [9.17, 15) is 0 Å². The van der Waals surface area contributed by atoms with Crippen LogP contribution in [-0.2, 0) is 11.8 Å². The Labute approximate surface area is 137 Å². The van der Waals surface area contributed by atoms with Crippen LogP contribution < -0.4 is 0 Å². The highest BCUT2D eigenvalue weighted by Gasteiger charge is 2.19. The molecule has 0 saturated carbocycles. The molecule has 2 rings (SSSR count). The molecule has 0 aliphatic heterocycles. The van der Waals surface area contributed by atoms with Crippen molar-refractivity contribution in [3.63, 3.8) is 0 Å². The van der Waals surface area contributed by atoms with Crippen LogP contribution in [0, 0.1) is 0 Å². The smallest absolute Gasteiger partial charge is 0.0647 e. The topological polar surface area (TPSA) is 0 Å². The average molecular weight is 345 g/mol. The Morgan fingerprint density at radius 1 is 0.952 bits per heavy atom. The van der Waals surface area contributed by atoms with Crippen molar-refractivity contribution in [3.05, 3.63) is 70.8 Å². The maximum Gasteiger partial charge on any atom is 0.0647 e. The van der Waals surface area contributed by atoms with Gasteiger partial charge in [0.1, 0.15) is 0 Å². The SMILES string of the molecule is CCc1ccccc1C(Br)c1ccc(C(C)(C)CC)cc1. The fraction of sp³-hybridized carbons (Fsp3) is 0.400. The molecule has 0 nitrogen and oxygen atoms in total. The normalized spacial score (nSPS) is 13.2. The Kier molecular flexibility index (Phi) is 5.27. The van der Waals surface area contributed by atoms with E-state index < -0.39 is 0 Å². The zero-order valence-electron chi connectivity index (χ0n) is 13.5. The van der Waals surface area contributed by atoms with Gasteiger partial charge in [0.05, 0.1) is 4.83 Å². The van der Waals surface area contributed by atoms with Gasteiger partial charge in [0.25, 0.3) is 0 Å². The van der Waals surface area contributed by atoms with Gasteiger partial charge < -0.3 is 0 Å². The van der Waals surface area contributed by atoms with Crippen LogP contribution >= 0.6 is 15.9 Å². The molecule has 0 amide bonds. The highest BCUT2D eigenvalue weighted by atomic mass is 79.9. The van der Waals surface area contributed by atoms with Crippen molar-refractivity contribution in [1.82, 2.24) is 0 Å². The number of aryl methyl sites for hydroxylation is 1. The van der Waals surface area contributed by atoms with Crippen molar-refractivity contribution < 1.29 is 0 Å². The van der Waals surface area contributed by atoms with Crippen LogP contribution in [0.25, 0.3) is 0 Å². The van der Waals surface area contributed by atoms with E-state index >= 15 is 0 Å². The first kappa shape index (κ1) is 16.3. The number of hydrogen-bond donors (Lipinski definition) is 0. The second-order valence-corrected chi connectivity index (χ2v) is 7.19. The molecule has 0 bridgehead atoms. The molecule has 112 valence electrons. The van der Waals surface area contributed by atoms with Crippen LogP contribution in [0.2, 0.25) is 0 Å². The van der Waals surface area contributed by atoms with Crippen LogP contribution in [0.15, 0.2) is 48.5 Å². The molecule has 2 aromatic rings. The first-order chi connectivity index (χ1) is 9.99. The first-order valence-corrected chi connectivity index (χ1v) is 8.73. The summed E-state index contributed by atoms with van der Waals surface area (Å²) in [4.78, 5) is 0.271. The van der Waals surface area contributed by atoms with Crippen LogP contribution in [-0.4, -0.2) is 0 Å². The van der Waals surface area contributed by atoms with E-state index in [2.05, 4.69) is 92.2 Å². The molecule has 21 heavy (non-hydrogen) atoms. The van der Waals surface area contributed by atoms with Gasteiger partial charge in [-0.3, -0.25) is 0 Å². The second-order valence-electron chi connectivity index (χ2n) is 6.27. The van der Waals surface area contributed by atoms with Crippen LogP contribution in [0.5, 0.6) is 0 Å². The molecule has 0 heterocycles. The molecular weight excluding hydrogens is 320 g/mol. The second kappa shape index (κ2) is 6.79. The molecule has 2 aromatic carbocycles. The third-order valence-electron chi connectivity index (χ3n) is 4.58. The fourth-order valence-electron chi connectivity index (χ4n) is 2.59. The molecule has 0 aromatic heterocycles. The summed E-state index contributed by atoms with van der Waals surface area (Å²) in [5, 5.41) is 0. The van der Waals surface area contributed by atoms with Crippen molar-refractivity contribution in [2.75, 3.05) is 0 Å². The molecule has 0 N–H and O–H groups in total. The van der Waals surface area contributed by atoms with E-state index in [1.807, 2.05) is 0 Å². The van der Waals surface area contributed by atoms with E-state index in [0.29, 0.717) is 0 Å².